The number of carboxylic acid groups (broad SMARTS) is 1. The van der Waals surface area contributed by atoms with E-state index in [4.69, 9.17) is 5.11 Å². The number of likely N-dealkylation sites (tertiary alicyclic amines) is 1. The third-order valence-electron chi connectivity index (χ3n) is 3.99. The zero-order chi connectivity index (χ0) is 13.7. The molecule has 1 N–H and O–H groups in total. The molecule has 0 aromatic rings. The number of amides is 1. The van der Waals surface area contributed by atoms with E-state index < -0.39 is 5.97 Å². The van der Waals surface area contributed by atoms with Gasteiger partial charge in [-0.3, -0.25) is 9.59 Å². The summed E-state index contributed by atoms with van der Waals surface area (Å²) in [4.78, 5) is 25.0. The number of hydrogen-bond donors (Lipinski definition) is 1. The van der Waals surface area contributed by atoms with Crippen molar-refractivity contribution < 1.29 is 14.7 Å². The monoisotopic (exact) mass is 255 g/mol. The molecule has 2 unspecified atom stereocenters. The van der Waals surface area contributed by atoms with Gasteiger partial charge in [0.2, 0.25) is 5.91 Å². The second kappa shape index (κ2) is 6.76. The quantitative estimate of drug-likeness (QED) is 0.821. The maximum Gasteiger partial charge on any atom is 0.303 e. The van der Waals surface area contributed by atoms with Gasteiger partial charge in [-0.2, -0.15) is 0 Å². The fourth-order valence-corrected chi connectivity index (χ4v) is 2.43. The first-order valence-electron chi connectivity index (χ1n) is 6.95. The van der Waals surface area contributed by atoms with Crippen molar-refractivity contribution in [1.82, 2.24) is 4.90 Å². The summed E-state index contributed by atoms with van der Waals surface area (Å²) in [5.41, 5.74) is 0. The van der Waals surface area contributed by atoms with Crippen molar-refractivity contribution in [3.05, 3.63) is 0 Å². The van der Waals surface area contributed by atoms with Gasteiger partial charge in [-0.25, -0.2) is 0 Å². The lowest BCUT2D eigenvalue weighted by Crippen LogP contribution is -2.47. The lowest BCUT2D eigenvalue weighted by atomic mass is 9.92. The molecular formula is C14H25NO3. The minimum atomic E-state index is -0.773. The van der Waals surface area contributed by atoms with Crippen molar-refractivity contribution in [3.8, 4) is 0 Å². The summed E-state index contributed by atoms with van der Waals surface area (Å²) < 4.78 is 0. The van der Waals surface area contributed by atoms with Gasteiger partial charge in [-0.1, -0.05) is 20.8 Å². The van der Waals surface area contributed by atoms with Crippen LogP contribution in [0.3, 0.4) is 0 Å². The number of piperidine rings is 1. The maximum atomic E-state index is 12.4. The number of aliphatic carboxylic acids is 1. The molecule has 1 rings (SSSR count). The Balaban J connectivity index is 2.63. The predicted molar refractivity (Wildman–Crippen MR) is 70.2 cm³/mol. The third kappa shape index (κ3) is 4.00. The van der Waals surface area contributed by atoms with E-state index in [0.717, 1.165) is 25.8 Å². The molecule has 18 heavy (non-hydrogen) atoms. The average Bonchev–Trinajstić information content (AvgIpc) is 2.34. The van der Waals surface area contributed by atoms with Crippen LogP contribution >= 0.6 is 0 Å². The number of carbonyl (C=O) groups excluding carboxylic acids is 1. The number of nitrogens with zero attached hydrogens (tertiary/aromatic N) is 1. The van der Waals surface area contributed by atoms with Crippen LogP contribution in [0.2, 0.25) is 0 Å². The zero-order valence-electron chi connectivity index (χ0n) is 11.7. The molecule has 4 heteroatoms. The predicted octanol–water partition coefficient (Wildman–Crippen LogP) is 2.52. The maximum absolute atomic E-state index is 12.4. The van der Waals surface area contributed by atoms with E-state index in [1.807, 2.05) is 11.8 Å². The molecule has 0 saturated carbocycles. The Morgan fingerprint density at radius 2 is 1.94 bits per heavy atom. The van der Waals surface area contributed by atoms with Gasteiger partial charge in [0.1, 0.15) is 0 Å². The van der Waals surface area contributed by atoms with Gasteiger partial charge in [0.25, 0.3) is 0 Å². The average molecular weight is 255 g/mol. The fraction of sp³-hybridized carbons (Fsp3) is 0.857. The first kappa shape index (κ1) is 15.0. The molecule has 104 valence electrons. The van der Waals surface area contributed by atoms with E-state index in [2.05, 4.69) is 13.8 Å². The van der Waals surface area contributed by atoms with Crippen LogP contribution in [0.1, 0.15) is 52.9 Å². The van der Waals surface area contributed by atoms with Crippen LogP contribution in [0.15, 0.2) is 0 Å². The summed E-state index contributed by atoms with van der Waals surface area (Å²) >= 11 is 0. The number of hydrogen-bond acceptors (Lipinski definition) is 2. The largest absolute Gasteiger partial charge is 0.481 e. The first-order valence-corrected chi connectivity index (χ1v) is 6.95. The standard InChI is InChI=1S/C14H25NO3/c1-10(2)11(3)14(18)15-9-5-4-6-12(15)7-8-13(16)17/h10-12H,4-9H2,1-3H3,(H,16,17). The minimum absolute atomic E-state index is 0.0235. The van der Waals surface area contributed by atoms with Gasteiger partial charge >= 0.3 is 5.97 Å². The lowest BCUT2D eigenvalue weighted by Gasteiger charge is -2.38. The Labute approximate surface area is 109 Å². The molecule has 1 aliphatic heterocycles. The van der Waals surface area contributed by atoms with Crippen molar-refractivity contribution in [2.45, 2.75) is 58.9 Å². The Kier molecular flexibility index (Phi) is 5.63. The molecule has 0 aliphatic carbocycles. The highest BCUT2D eigenvalue weighted by atomic mass is 16.4. The minimum Gasteiger partial charge on any atom is -0.481 e. The number of carbonyl (C=O) groups is 2. The summed E-state index contributed by atoms with van der Waals surface area (Å²) in [7, 11) is 0. The molecule has 0 bridgehead atoms. The topological polar surface area (TPSA) is 57.6 Å². The van der Waals surface area contributed by atoms with E-state index in [0.29, 0.717) is 12.3 Å². The van der Waals surface area contributed by atoms with Crippen LogP contribution in [0, 0.1) is 11.8 Å². The van der Waals surface area contributed by atoms with Gasteiger partial charge in [-0.15, -0.1) is 0 Å². The Morgan fingerprint density at radius 1 is 1.28 bits per heavy atom. The molecular weight excluding hydrogens is 230 g/mol. The van der Waals surface area contributed by atoms with E-state index in [1.165, 1.54) is 0 Å². The van der Waals surface area contributed by atoms with Crippen molar-refractivity contribution in [2.24, 2.45) is 11.8 Å². The zero-order valence-corrected chi connectivity index (χ0v) is 11.7. The Bertz CT molecular complexity index is 301. The summed E-state index contributed by atoms with van der Waals surface area (Å²) in [5, 5.41) is 8.76. The van der Waals surface area contributed by atoms with Crippen LogP contribution < -0.4 is 0 Å². The van der Waals surface area contributed by atoms with Gasteiger partial charge in [0.05, 0.1) is 0 Å². The van der Waals surface area contributed by atoms with Crippen LogP contribution in [0.4, 0.5) is 0 Å². The van der Waals surface area contributed by atoms with Gasteiger partial charge < -0.3 is 10.0 Å². The highest BCUT2D eigenvalue weighted by molar-refractivity contribution is 5.79. The summed E-state index contributed by atoms with van der Waals surface area (Å²) in [6, 6.07) is 0.128. The SMILES string of the molecule is CC(C)C(C)C(=O)N1CCCCC1CCC(=O)O. The second-order valence-corrected chi connectivity index (χ2v) is 5.65. The fourth-order valence-electron chi connectivity index (χ4n) is 2.43. The van der Waals surface area contributed by atoms with Gasteiger partial charge in [0.15, 0.2) is 0 Å². The second-order valence-electron chi connectivity index (χ2n) is 5.65. The highest BCUT2D eigenvalue weighted by Gasteiger charge is 2.30. The number of rotatable bonds is 5. The van der Waals surface area contributed by atoms with E-state index in [-0.39, 0.29) is 24.3 Å². The summed E-state index contributed by atoms with van der Waals surface area (Å²) in [5.74, 6) is -0.222. The van der Waals surface area contributed by atoms with Crippen LogP contribution in [-0.4, -0.2) is 34.5 Å². The molecule has 4 nitrogen and oxygen atoms in total. The van der Waals surface area contributed by atoms with Crippen molar-refractivity contribution in [2.75, 3.05) is 6.54 Å². The van der Waals surface area contributed by atoms with Crippen molar-refractivity contribution in [1.29, 1.82) is 0 Å². The molecule has 1 fully saturated rings. The first-order chi connectivity index (χ1) is 8.43. The van der Waals surface area contributed by atoms with E-state index in [1.54, 1.807) is 0 Å². The molecule has 0 aromatic heterocycles. The lowest BCUT2D eigenvalue weighted by molar-refractivity contribution is -0.142. The summed E-state index contributed by atoms with van der Waals surface area (Å²) in [6.45, 7) is 6.87. The molecule has 1 heterocycles. The molecule has 0 aromatic carbocycles. The van der Waals surface area contributed by atoms with E-state index >= 15 is 0 Å². The van der Waals surface area contributed by atoms with Gasteiger partial charge in [0, 0.05) is 24.9 Å². The third-order valence-corrected chi connectivity index (χ3v) is 3.99. The Morgan fingerprint density at radius 3 is 2.50 bits per heavy atom. The normalized spacial score (nSPS) is 22.0. The van der Waals surface area contributed by atoms with Crippen LogP contribution in [-0.2, 0) is 9.59 Å². The van der Waals surface area contributed by atoms with Crippen molar-refractivity contribution >= 4 is 11.9 Å². The molecule has 1 saturated heterocycles. The van der Waals surface area contributed by atoms with Crippen LogP contribution in [0.25, 0.3) is 0 Å². The molecule has 1 aliphatic rings. The van der Waals surface area contributed by atoms with Crippen LogP contribution in [0.5, 0.6) is 0 Å². The number of carboxylic acids is 1. The molecule has 1 amide bonds. The molecule has 0 spiro atoms. The highest BCUT2D eigenvalue weighted by Crippen LogP contribution is 2.24. The van der Waals surface area contributed by atoms with Gasteiger partial charge in [-0.05, 0) is 31.6 Å². The van der Waals surface area contributed by atoms with Crippen molar-refractivity contribution in [3.63, 3.8) is 0 Å². The smallest absolute Gasteiger partial charge is 0.303 e. The van der Waals surface area contributed by atoms with E-state index in [9.17, 15) is 9.59 Å². The summed E-state index contributed by atoms with van der Waals surface area (Å²) in [6.07, 6.45) is 3.84. The molecule has 0 radical (unpaired) electrons. The molecule has 2 atom stereocenters. The Hall–Kier alpha value is -1.06.